The predicted octanol–water partition coefficient (Wildman–Crippen LogP) is 4.47. The van der Waals surface area contributed by atoms with E-state index in [1.54, 1.807) is 0 Å². The molecule has 1 saturated carbocycles. The minimum Gasteiger partial charge on any atom is -0.313 e. The lowest BCUT2D eigenvalue weighted by Crippen LogP contribution is -2.44. The summed E-state index contributed by atoms with van der Waals surface area (Å²) in [5.41, 5.74) is 0.564. The normalized spacial score (nSPS) is 28.2. The van der Waals surface area contributed by atoms with Crippen LogP contribution < -0.4 is 5.32 Å². The summed E-state index contributed by atoms with van der Waals surface area (Å²) in [5, 5.41) is 4.54. The maximum absolute atomic E-state index is 3.69. The van der Waals surface area contributed by atoms with E-state index in [0.717, 1.165) is 17.8 Å². The van der Waals surface area contributed by atoms with Crippen LogP contribution in [-0.2, 0) is 0 Å². The monoisotopic (exact) mass is 257 g/mol. The molecule has 0 heterocycles. The zero-order valence-corrected chi connectivity index (χ0v) is 13.0. The van der Waals surface area contributed by atoms with Crippen LogP contribution in [0.4, 0.5) is 0 Å². The van der Waals surface area contributed by atoms with Crippen molar-refractivity contribution in [3.05, 3.63) is 0 Å². The molecular formula is C15H31NS. The minimum atomic E-state index is 0.564. The summed E-state index contributed by atoms with van der Waals surface area (Å²) in [6.07, 6.45) is 8.28. The van der Waals surface area contributed by atoms with E-state index >= 15 is 0 Å². The largest absolute Gasteiger partial charge is 0.313 e. The fourth-order valence-corrected chi connectivity index (χ4v) is 4.49. The maximum Gasteiger partial charge on any atom is 0.0206 e. The molecule has 0 aliphatic heterocycles. The van der Waals surface area contributed by atoms with Crippen LogP contribution in [0.2, 0.25) is 0 Å². The zero-order valence-electron chi connectivity index (χ0n) is 12.2. The van der Waals surface area contributed by atoms with E-state index < -0.39 is 0 Å². The molecule has 2 unspecified atom stereocenters. The van der Waals surface area contributed by atoms with Gasteiger partial charge in [0, 0.05) is 11.3 Å². The molecule has 0 aromatic rings. The van der Waals surface area contributed by atoms with Gasteiger partial charge in [-0.3, -0.25) is 0 Å². The lowest BCUT2D eigenvalue weighted by atomic mass is 9.75. The van der Waals surface area contributed by atoms with Crippen molar-refractivity contribution in [3.63, 3.8) is 0 Å². The SMILES string of the molecule is CCCCCSC1CC(C)(C)CCC1NCC. The van der Waals surface area contributed by atoms with Crippen molar-refractivity contribution in [1.29, 1.82) is 0 Å². The highest BCUT2D eigenvalue weighted by atomic mass is 32.2. The Morgan fingerprint density at radius 3 is 2.65 bits per heavy atom. The van der Waals surface area contributed by atoms with Gasteiger partial charge < -0.3 is 5.32 Å². The first kappa shape index (κ1) is 15.4. The van der Waals surface area contributed by atoms with Crippen molar-refractivity contribution in [3.8, 4) is 0 Å². The summed E-state index contributed by atoms with van der Waals surface area (Å²) in [6, 6.07) is 0.764. The van der Waals surface area contributed by atoms with Gasteiger partial charge in [-0.1, -0.05) is 40.5 Å². The first-order valence-electron chi connectivity index (χ1n) is 7.44. The van der Waals surface area contributed by atoms with E-state index in [1.165, 1.54) is 44.3 Å². The lowest BCUT2D eigenvalue weighted by molar-refractivity contribution is 0.215. The number of rotatable bonds is 7. The highest BCUT2D eigenvalue weighted by molar-refractivity contribution is 7.99. The van der Waals surface area contributed by atoms with Crippen molar-refractivity contribution in [2.24, 2.45) is 5.41 Å². The summed E-state index contributed by atoms with van der Waals surface area (Å²) in [7, 11) is 0. The Hall–Kier alpha value is 0.310. The van der Waals surface area contributed by atoms with Crippen molar-refractivity contribution < 1.29 is 0 Å². The van der Waals surface area contributed by atoms with Crippen molar-refractivity contribution in [2.45, 2.75) is 77.5 Å². The molecule has 0 bridgehead atoms. The van der Waals surface area contributed by atoms with Gasteiger partial charge in [-0.2, -0.15) is 11.8 Å². The molecule has 1 N–H and O–H groups in total. The maximum atomic E-state index is 3.69. The van der Waals surface area contributed by atoms with Crippen LogP contribution >= 0.6 is 11.8 Å². The molecule has 0 amide bonds. The van der Waals surface area contributed by atoms with Gasteiger partial charge in [-0.15, -0.1) is 0 Å². The highest BCUT2D eigenvalue weighted by Gasteiger charge is 2.34. The van der Waals surface area contributed by atoms with Crippen LogP contribution in [0.25, 0.3) is 0 Å². The molecule has 0 saturated heterocycles. The number of hydrogen-bond acceptors (Lipinski definition) is 2. The fraction of sp³-hybridized carbons (Fsp3) is 1.00. The van der Waals surface area contributed by atoms with Crippen molar-refractivity contribution in [2.75, 3.05) is 12.3 Å². The molecule has 1 aliphatic carbocycles. The number of hydrogen-bond donors (Lipinski definition) is 1. The molecule has 0 aromatic heterocycles. The van der Waals surface area contributed by atoms with Crippen LogP contribution in [0, 0.1) is 5.41 Å². The van der Waals surface area contributed by atoms with Gasteiger partial charge in [0.2, 0.25) is 0 Å². The van der Waals surface area contributed by atoms with Crippen LogP contribution in [0.5, 0.6) is 0 Å². The Kier molecular flexibility index (Phi) is 6.94. The van der Waals surface area contributed by atoms with Gasteiger partial charge in [0.1, 0.15) is 0 Å². The van der Waals surface area contributed by atoms with Gasteiger partial charge in [-0.25, -0.2) is 0 Å². The molecule has 1 rings (SSSR count). The van der Waals surface area contributed by atoms with Crippen LogP contribution in [0.1, 0.15) is 66.2 Å². The second-order valence-electron chi connectivity index (χ2n) is 6.19. The predicted molar refractivity (Wildman–Crippen MR) is 80.9 cm³/mol. The number of unbranched alkanes of at least 4 members (excludes halogenated alkanes) is 2. The van der Waals surface area contributed by atoms with Gasteiger partial charge in [0.25, 0.3) is 0 Å². The summed E-state index contributed by atoms with van der Waals surface area (Å²) >= 11 is 2.23. The molecule has 2 heteroatoms. The van der Waals surface area contributed by atoms with Crippen LogP contribution in [0.3, 0.4) is 0 Å². The average Bonchev–Trinajstić information content (AvgIpc) is 2.27. The molecule has 2 atom stereocenters. The molecule has 1 fully saturated rings. The third-order valence-corrected chi connectivity index (χ3v) is 5.33. The average molecular weight is 257 g/mol. The molecule has 102 valence electrons. The summed E-state index contributed by atoms with van der Waals surface area (Å²) in [4.78, 5) is 0. The standard InChI is InChI=1S/C15H31NS/c1-5-7-8-11-17-14-12-15(3,4)10-9-13(14)16-6-2/h13-14,16H,5-12H2,1-4H3. The van der Waals surface area contributed by atoms with Gasteiger partial charge in [0.05, 0.1) is 0 Å². The molecule has 0 aromatic carbocycles. The summed E-state index contributed by atoms with van der Waals surface area (Å²) < 4.78 is 0. The van der Waals surface area contributed by atoms with Gasteiger partial charge in [-0.05, 0) is 43.4 Å². The van der Waals surface area contributed by atoms with E-state index in [0.29, 0.717) is 5.41 Å². The Labute approximate surface area is 113 Å². The van der Waals surface area contributed by atoms with E-state index in [-0.39, 0.29) is 0 Å². The second kappa shape index (κ2) is 7.68. The van der Waals surface area contributed by atoms with Crippen molar-refractivity contribution >= 4 is 11.8 Å². The van der Waals surface area contributed by atoms with Gasteiger partial charge in [0.15, 0.2) is 0 Å². The minimum absolute atomic E-state index is 0.564. The Morgan fingerprint density at radius 2 is 2.00 bits per heavy atom. The number of nitrogens with one attached hydrogen (secondary N) is 1. The lowest BCUT2D eigenvalue weighted by Gasteiger charge is -2.41. The van der Waals surface area contributed by atoms with E-state index in [4.69, 9.17) is 0 Å². The van der Waals surface area contributed by atoms with E-state index in [1.807, 2.05) is 0 Å². The van der Waals surface area contributed by atoms with E-state index in [2.05, 4.69) is 44.8 Å². The highest BCUT2D eigenvalue weighted by Crippen LogP contribution is 2.40. The first-order valence-corrected chi connectivity index (χ1v) is 8.49. The quantitative estimate of drug-likeness (QED) is 0.676. The first-order chi connectivity index (χ1) is 8.09. The summed E-state index contributed by atoms with van der Waals surface area (Å²) in [6.45, 7) is 10.5. The molecule has 1 aliphatic rings. The second-order valence-corrected chi connectivity index (χ2v) is 7.53. The summed E-state index contributed by atoms with van der Waals surface area (Å²) in [5.74, 6) is 1.36. The molecule has 1 nitrogen and oxygen atoms in total. The number of thioether (sulfide) groups is 1. The zero-order chi connectivity index (χ0) is 12.7. The Bertz CT molecular complexity index is 203. The fourth-order valence-electron chi connectivity index (χ4n) is 2.78. The molecule has 0 spiro atoms. The molecular weight excluding hydrogens is 226 g/mol. The topological polar surface area (TPSA) is 12.0 Å². The van der Waals surface area contributed by atoms with Crippen LogP contribution in [-0.4, -0.2) is 23.6 Å². The van der Waals surface area contributed by atoms with Gasteiger partial charge >= 0.3 is 0 Å². The van der Waals surface area contributed by atoms with Crippen molar-refractivity contribution in [1.82, 2.24) is 5.32 Å². The van der Waals surface area contributed by atoms with Crippen LogP contribution in [0.15, 0.2) is 0 Å². The Balaban J connectivity index is 2.37. The third kappa shape index (κ3) is 5.65. The smallest absolute Gasteiger partial charge is 0.0206 e. The molecule has 0 radical (unpaired) electrons. The van der Waals surface area contributed by atoms with E-state index in [9.17, 15) is 0 Å². The molecule has 17 heavy (non-hydrogen) atoms. The Morgan fingerprint density at radius 1 is 1.24 bits per heavy atom. The third-order valence-electron chi connectivity index (χ3n) is 3.88.